The summed E-state index contributed by atoms with van der Waals surface area (Å²) >= 11 is 0. The number of hydrogen-bond donors (Lipinski definition) is 14. The first kappa shape index (κ1) is 96.6. The molecule has 0 aromatic rings. The van der Waals surface area contributed by atoms with Gasteiger partial charge in [0.1, 0.15) is 90.4 Å². The fraction of sp³-hybridized carbons (Fsp3) is 0.886. The number of unbranched alkanes of at least 4 members (excludes halogenated alkanes) is 2. The van der Waals surface area contributed by atoms with Crippen LogP contribution < -0.4 is 26.6 Å². The zero-order valence-corrected chi connectivity index (χ0v) is 62.9. The van der Waals surface area contributed by atoms with Gasteiger partial charge in [-0.2, -0.15) is 0 Å². The third-order valence-corrected chi connectivity index (χ3v) is 16.6. The van der Waals surface area contributed by atoms with Crippen molar-refractivity contribution in [3.8, 4) is 0 Å². The molecule has 3 aliphatic rings. The minimum absolute atomic E-state index is 0.0140. The summed E-state index contributed by atoms with van der Waals surface area (Å²) in [5.41, 5.74) is -0.724. The van der Waals surface area contributed by atoms with Crippen LogP contribution in [0.15, 0.2) is 0 Å². The van der Waals surface area contributed by atoms with Gasteiger partial charge in [-0.05, 0) is 56.8 Å². The predicted molar refractivity (Wildman–Crippen MR) is 373 cm³/mol. The summed E-state index contributed by atoms with van der Waals surface area (Å²) in [7, 11) is 1.61. The van der Waals surface area contributed by atoms with Crippen LogP contribution in [0.2, 0.25) is 0 Å². The van der Waals surface area contributed by atoms with Gasteiger partial charge < -0.3 is 134 Å². The molecule has 15 atom stereocenters. The van der Waals surface area contributed by atoms with Crippen LogP contribution in [0.5, 0.6) is 0 Å². The second-order valence-electron chi connectivity index (χ2n) is 27.7. The van der Waals surface area contributed by atoms with E-state index in [9.17, 15) is 84.3 Å². The minimum Gasteiger partial charge on any atom is -0.394 e. The second-order valence-corrected chi connectivity index (χ2v) is 27.7. The highest BCUT2D eigenvalue weighted by atomic mass is 16.7. The Bertz CT molecular complexity index is 2200. The monoisotopic (exact) mass is 1520 g/mol. The summed E-state index contributed by atoms with van der Waals surface area (Å²) in [5.74, 6) is -2.61. The average molecular weight is 1520 g/mol. The van der Waals surface area contributed by atoms with Crippen LogP contribution in [0.1, 0.15) is 158 Å². The van der Waals surface area contributed by atoms with Gasteiger partial charge in [-0.1, -0.05) is 34.1 Å². The number of nitrogens with one attached hydrogen (secondary N) is 5. The molecule has 3 aliphatic heterocycles. The number of carbonyl (C=O) groups excluding carboxylic acids is 8. The highest BCUT2D eigenvalue weighted by molar-refractivity contribution is 5.82. The normalized spacial score (nSPS) is 25.2. The summed E-state index contributed by atoms with van der Waals surface area (Å²) in [4.78, 5) is 103. The van der Waals surface area contributed by atoms with Crippen molar-refractivity contribution in [1.29, 1.82) is 0 Å². The standard InChI is InChI=1S/C65H115N5O30.C5H12/c1-42(74)67-53-59(85)56(82)48(39-71)98-62(53)95-36-33-92-30-27-89-24-9-13-46(78)16-19-65(70-52(81)15-8-12-45(77)11-6-5-7-23-88-4,20-17-47(79)14-10-25-90-28-31-93-34-37-96-63-54(68-43(2)75)60(86)57(83)49(40-72)99-63)21-18-51(80)66-22-26-91-29-32-94-35-38-97-64-55(69-44(3)76)61(87)58(84)50(41-73)100-64;1-5(2,3)4/h48-50,53-64,71-73,82-87H,5-41H2,1-4H3,(H,66,80)(H,67,74)(H,68,75)(H,69,76)(H,70,81);1-4H3. The molecule has 0 spiro atoms. The Hall–Kier alpha value is -4.52. The molecular formula is C70H127N5O30. The first-order valence-corrected chi connectivity index (χ1v) is 36.6. The molecule has 35 nitrogen and oxygen atoms in total. The highest BCUT2D eigenvalue weighted by Gasteiger charge is 2.48. The maximum absolute atomic E-state index is 13.9. The maximum Gasteiger partial charge on any atom is 0.220 e. The minimum atomic E-state index is -1.47. The van der Waals surface area contributed by atoms with E-state index in [-0.39, 0.29) is 194 Å². The summed E-state index contributed by atoms with van der Waals surface area (Å²) in [5, 5.41) is 104. The molecule has 3 heterocycles. The van der Waals surface area contributed by atoms with Crippen molar-refractivity contribution in [3.05, 3.63) is 0 Å². The largest absolute Gasteiger partial charge is 0.394 e. The third kappa shape index (κ3) is 42.9. The van der Waals surface area contributed by atoms with Crippen LogP contribution >= 0.6 is 0 Å². The summed E-state index contributed by atoms with van der Waals surface area (Å²) in [6.07, 6.45) is -11.8. The van der Waals surface area contributed by atoms with E-state index in [0.717, 1.165) is 12.8 Å². The molecule has 0 aromatic carbocycles. The Morgan fingerprint density at radius 1 is 0.362 bits per heavy atom. The molecular weight excluding hydrogens is 1390 g/mol. The fourth-order valence-electron chi connectivity index (χ4n) is 11.2. The molecule has 0 aromatic heterocycles. The lowest BCUT2D eigenvalue weighted by atomic mass is 9.81. The number of ether oxygens (including phenoxy) is 13. The number of hydrogen-bond acceptors (Lipinski definition) is 30. The third-order valence-electron chi connectivity index (χ3n) is 16.6. The van der Waals surface area contributed by atoms with Gasteiger partial charge in [0.2, 0.25) is 29.5 Å². The molecule has 612 valence electrons. The van der Waals surface area contributed by atoms with Gasteiger partial charge in [0.15, 0.2) is 18.9 Å². The smallest absolute Gasteiger partial charge is 0.220 e. The van der Waals surface area contributed by atoms with Gasteiger partial charge in [-0.25, -0.2) is 0 Å². The van der Waals surface area contributed by atoms with E-state index in [1.165, 1.54) is 20.8 Å². The van der Waals surface area contributed by atoms with Crippen LogP contribution in [0.3, 0.4) is 0 Å². The number of Topliss-reactive ketones (excluding diaryl/α,β-unsaturated/α-hetero) is 3. The Balaban J connectivity index is 0.00000722. The second kappa shape index (κ2) is 55.8. The number of amides is 5. The quantitative estimate of drug-likeness (QED) is 0.0292. The summed E-state index contributed by atoms with van der Waals surface area (Å²) in [6, 6.07) is -3.32. The molecule has 15 unspecified atom stereocenters. The lowest BCUT2D eigenvalue weighted by Crippen LogP contribution is -2.64. The van der Waals surface area contributed by atoms with Crippen molar-refractivity contribution in [3.63, 3.8) is 0 Å². The lowest BCUT2D eigenvalue weighted by Gasteiger charge is -2.42. The number of methoxy groups -OCH3 is 1. The average Bonchev–Trinajstić information content (AvgIpc) is 0.843. The Kier molecular flexibility index (Phi) is 51.3. The van der Waals surface area contributed by atoms with Gasteiger partial charge in [-0.3, -0.25) is 38.4 Å². The van der Waals surface area contributed by atoms with Crippen molar-refractivity contribution >= 4 is 46.9 Å². The summed E-state index contributed by atoms with van der Waals surface area (Å²) in [6.45, 7) is 12.7. The van der Waals surface area contributed by atoms with Crippen LogP contribution in [-0.2, 0) is 99.9 Å². The van der Waals surface area contributed by atoms with E-state index in [4.69, 9.17) is 61.6 Å². The zero-order chi connectivity index (χ0) is 78.2. The molecule has 3 saturated heterocycles. The molecule has 0 bridgehead atoms. The molecule has 5 amide bonds. The molecule has 105 heavy (non-hydrogen) atoms. The van der Waals surface area contributed by atoms with Gasteiger partial charge >= 0.3 is 0 Å². The number of carbonyl (C=O) groups is 8. The van der Waals surface area contributed by atoms with E-state index >= 15 is 0 Å². The first-order valence-electron chi connectivity index (χ1n) is 36.6. The predicted octanol–water partition coefficient (Wildman–Crippen LogP) is -2.02. The lowest BCUT2D eigenvalue weighted by molar-refractivity contribution is -0.272. The summed E-state index contributed by atoms with van der Waals surface area (Å²) < 4.78 is 72.5. The van der Waals surface area contributed by atoms with E-state index in [1.54, 1.807) is 7.11 Å². The van der Waals surface area contributed by atoms with Crippen LogP contribution in [0.25, 0.3) is 0 Å². The maximum atomic E-state index is 13.9. The molecule has 0 saturated carbocycles. The van der Waals surface area contributed by atoms with Crippen molar-refractivity contribution in [2.45, 2.75) is 255 Å². The fourth-order valence-corrected chi connectivity index (χ4v) is 11.2. The Labute approximate surface area is 617 Å². The van der Waals surface area contributed by atoms with Gasteiger partial charge in [0.05, 0.1) is 106 Å². The van der Waals surface area contributed by atoms with E-state index in [2.05, 4.69) is 54.3 Å². The molecule has 0 aliphatic carbocycles. The van der Waals surface area contributed by atoms with E-state index in [0.29, 0.717) is 37.7 Å². The first-order chi connectivity index (χ1) is 50.0. The van der Waals surface area contributed by atoms with Gasteiger partial charge in [0, 0.05) is 111 Å². The Morgan fingerprint density at radius 3 is 1.05 bits per heavy atom. The molecule has 3 rings (SSSR count). The van der Waals surface area contributed by atoms with Crippen molar-refractivity contribution in [2.75, 3.05) is 139 Å². The van der Waals surface area contributed by atoms with Gasteiger partial charge in [-0.15, -0.1) is 0 Å². The number of rotatable bonds is 58. The zero-order valence-electron chi connectivity index (χ0n) is 62.9. The molecule has 3 fully saturated rings. The van der Waals surface area contributed by atoms with Crippen molar-refractivity contribution in [1.82, 2.24) is 26.6 Å². The number of aliphatic hydroxyl groups excluding tert-OH is 9. The van der Waals surface area contributed by atoms with E-state index in [1.807, 2.05) is 0 Å². The number of ketones is 3. The van der Waals surface area contributed by atoms with E-state index < -0.39 is 147 Å². The van der Waals surface area contributed by atoms with Crippen LogP contribution in [0, 0.1) is 5.41 Å². The molecule has 14 N–H and O–H groups in total. The molecule has 35 heteroatoms. The van der Waals surface area contributed by atoms with Crippen molar-refractivity contribution < 1.29 is 146 Å². The Morgan fingerprint density at radius 2 is 0.686 bits per heavy atom. The SMILES string of the molecule is CC(C)(C)C.COCCCCCC(=O)CCCC(=O)NC(CCC(=O)CCCOCCOCCOC1OC(CO)C(O)C(O)C1NC(C)=O)(CCC(=O)CCCOCCOCCOC1OC(CO)C(O)C(O)C1NC(C)=O)CCC(=O)NCCOCCOCCOC1OC(CO)C(O)C(O)C1NC(C)=O. The molecule has 0 radical (unpaired) electrons. The van der Waals surface area contributed by atoms with Crippen LogP contribution in [-0.4, -0.2) is 329 Å². The van der Waals surface area contributed by atoms with Crippen molar-refractivity contribution in [2.24, 2.45) is 5.41 Å². The topological polar surface area (TPSA) is 499 Å². The van der Waals surface area contributed by atoms with Crippen LogP contribution in [0.4, 0.5) is 0 Å². The van der Waals surface area contributed by atoms with Gasteiger partial charge in [0.25, 0.3) is 0 Å². The highest BCUT2D eigenvalue weighted by Crippen LogP contribution is 2.29. The number of aliphatic hydroxyl groups is 9.